The van der Waals surface area contributed by atoms with E-state index in [4.69, 9.17) is 0 Å². The number of aromatic nitrogens is 1. The summed E-state index contributed by atoms with van der Waals surface area (Å²) in [6, 6.07) is 4.15. The zero-order valence-electron chi connectivity index (χ0n) is 9.02. The molecule has 80 valence electrons. The highest BCUT2D eigenvalue weighted by molar-refractivity contribution is 5.73. The molecule has 0 saturated carbocycles. The van der Waals surface area contributed by atoms with Gasteiger partial charge in [-0.25, -0.2) is 0 Å². The van der Waals surface area contributed by atoms with Crippen LogP contribution in [0.4, 0.5) is 0 Å². The molecule has 0 aliphatic carbocycles. The molecule has 1 aromatic rings. The van der Waals surface area contributed by atoms with Crippen LogP contribution in [0.15, 0.2) is 24.5 Å². The van der Waals surface area contributed by atoms with Crippen LogP contribution in [0.2, 0.25) is 0 Å². The second-order valence-electron chi connectivity index (χ2n) is 4.06. The van der Waals surface area contributed by atoms with E-state index in [0.29, 0.717) is 5.92 Å². The Bertz CT molecular complexity index is 329. The van der Waals surface area contributed by atoms with Crippen molar-refractivity contribution >= 4 is 5.91 Å². The molecule has 2 rings (SSSR count). The highest BCUT2D eigenvalue weighted by Gasteiger charge is 2.21. The van der Waals surface area contributed by atoms with Crippen molar-refractivity contribution in [3.8, 4) is 0 Å². The fourth-order valence-electron chi connectivity index (χ4n) is 2.16. The predicted octanol–water partition coefficient (Wildman–Crippen LogP) is 1.81. The van der Waals surface area contributed by atoms with Crippen LogP contribution in [0.5, 0.6) is 0 Å². The molecular weight excluding hydrogens is 188 g/mol. The van der Waals surface area contributed by atoms with Crippen molar-refractivity contribution in [3.63, 3.8) is 0 Å². The number of pyridine rings is 1. The number of carbonyl (C=O) groups excluding carboxylic acids is 1. The highest BCUT2D eigenvalue weighted by Crippen LogP contribution is 2.27. The van der Waals surface area contributed by atoms with Crippen molar-refractivity contribution in [2.24, 2.45) is 0 Å². The number of hydrogen-bond acceptors (Lipinski definition) is 2. The van der Waals surface area contributed by atoms with Crippen molar-refractivity contribution < 1.29 is 4.79 Å². The Hall–Kier alpha value is -1.38. The average Bonchev–Trinajstić information content (AvgIpc) is 2.30. The topological polar surface area (TPSA) is 33.2 Å². The maximum Gasteiger partial charge on any atom is 0.219 e. The Balaban J connectivity index is 1.97. The molecule has 15 heavy (non-hydrogen) atoms. The molecule has 1 fully saturated rings. The molecule has 1 amide bonds. The standard InChI is InChI=1S/C12H16N2O/c1-10(15)14-8-4-12(5-9-14)11-2-6-13-7-3-11/h2-3,6-7,12H,4-5,8-9H2,1H3. The minimum atomic E-state index is 0.197. The monoisotopic (exact) mass is 204 g/mol. The minimum absolute atomic E-state index is 0.197. The molecule has 0 spiro atoms. The van der Waals surface area contributed by atoms with Crippen molar-refractivity contribution in [2.45, 2.75) is 25.7 Å². The highest BCUT2D eigenvalue weighted by atomic mass is 16.2. The molecule has 0 unspecified atom stereocenters. The molecule has 0 radical (unpaired) electrons. The third-order valence-electron chi connectivity index (χ3n) is 3.12. The SMILES string of the molecule is CC(=O)N1CCC(c2ccncc2)CC1. The van der Waals surface area contributed by atoms with E-state index in [2.05, 4.69) is 17.1 Å². The minimum Gasteiger partial charge on any atom is -0.343 e. The summed E-state index contributed by atoms with van der Waals surface area (Å²) in [7, 11) is 0. The number of nitrogens with zero attached hydrogens (tertiary/aromatic N) is 2. The van der Waals surface area contributed by atoms with Crippen LogP contribution in [-0.2, 0) is 4.79 Å². The van der Waals surface area contributed by atoms with Crippen LogP contribution in [-0.4, -0.2) is 28.9 Å². The van der Waals surface area contributed by atoms with Gasteiger partial charge in [0.25, 0.3) is 0 Å². The van der Waals surface area contributed by atoms with E-state index < -0.39 is 0 Å². The number of likely N-dealkylation sites (tertiary alicyclic amines) is 1. The van der Waals surface area contributed by atoms with Crippen LogP contribution < -0.4 is 0 Å². The summed E-state index contributed by atoms with van der Waals surface area (Å²) in [4.78, 5) is 17.1. The molecule has 0 bridgehead atoms. The van der Waals surface area contributed by atoms with E-state index in [0.717, 1.165) is 25.9 Å². The van der Waals surface area contributed by atoms with Gasteiger partial charge in [0.2, 0.25) is 5.91 Å². The van der Waals surface area contributed by atoms with Gasteiger partial charge in [-0.05, 0) is 36.5 Å². The van der Waals surface area contributed by atoms with Gasteiger partial charge in [-0.2, -0.15) is 0 Å². The Morgan fingerprint density at radius 2 is 1.93 bits per heavy atom. The number of carbonyl (C=O) groups is 1. The molecule has 1 aliphatic rings. The van der Waals surface area contributed by atoms with Crippen LogP contribution >= 0.6 is 0 Å². The van der Waals surface area contributed by atoms with Crippen molar-refractivity contribution in [1.29, 1.82) is 0 Å². The van der Waals surface area contributed by atoms with Gasteiger partial charge < -0.3 is 4.90 Å². The number of amides is 1. The zero-order chi connectivity index (χ0) is 10.7. The molecule has 0 atom stereocenters. The molecule has 2 heterocycles. The summed E-state index contributed by atoms with van der Waals surface area (Å²) in [6.07, 6.45) is 5.83. The first kappa shape index (κ1) is 10.1. The maximum atomic E-state index is 11.2. The Labute approximate surface area is 90.1 Å². The third-order valence-corrected chi connectivity index (χ3v) is 3.12. The summed E-state index contributed by atoms with van der Waals surface area (Å²) < 4.78 is 0. The van der Waals surface area contributed by atoms with Gasteiger partial charge in [-0.3, -0.25) is 9.78 Å². The quantitative estimate of drug-likeness (QED) is 0.699. The lowest BCUT2D eigenvalue weighted by Crippen LogP contribution is -2.36. The van der Waals surface area contributed by atoms with E-state index >= 15 is 0 Å². The van der Waals surface area contributed by atoms with Crippen LogP contribution in [0, 0.1) is 0 Å². The summed E-state index contributed by atoms with van der Waals surface area (Å²) in [5, 5.41) is 0. The van der Waals surface area contributed by atoms with Gasteiger partial charge in [-0.1, -0.05) is 0 Å². The Kier molecular flexibility index (Phi) is 2.99. The van der Waals surface area contributed by atoms with E-state index in [-0.39, 0.29) is 5.91 Å². The Morgan fingerprint density at radius 1 is 1.33 bits per heavy atom. The number of piperidine rings is 1. The molecule has 0 aromatic carbocycles. The van der Waals surface area contributed by atoms with Crippen LogP contribution in [0.25, 0.3) is 0 Å². The van der Waals surface area contributed by atoms with Crippen molar-refractivity contribution in [1.82, 2.24) is 9.88 Å². The third kappa shape index (κ3) is 2.35. The van der Waals surface area contributed by atoms with Gasteiger partial charge in [0.05, 0.1) is 0 Å². The molecule has 0 N–H and O–H groups in total. The molecule has 1 aromatic heterocycles. The van der Waals surface area contributed by atoms with Gasteiger partial charge >= 0.3 is 0 Å². The summed E-state index contributed by atoms with van der Waals surface area (Å²) in [5.74, 6) is 0.798. The van der Waals surface area contributed by atoms with Crippen LogP contribution in [0.1, 0.15) is 31.2 Å². The molecular formula is C12H16N2O. The van der Waals surface area contributed by atoms with Gasteiger partial charge in [0.1, 0.15) is 0 Å². The lowest BCUT2D eigenvalue weighted by molar-refractivity contribution is -0.129. The molecule has 1 aliphatic heterocycles. The molecule has 3 nitrogen and oxygen atoms in total. The lowest BCUT2D eigenvalue weighted by atomic mass is 9.90. The van der Waals surface area contributed by atoms with E-state index in [1.54, 1.807) is 6.92 Å². The summed E-state index contributed by atoms with van der Waals surface area (Å²) >= 11 is 0. The smallest absolute Gasteiger partial charge is 0.219 e. The summed E-state index contributed by atoms with van der Waals surface area (Å²) in [6.45, 7) is 3.43. The maximum absolute atomic E-state index is 11.2. The normalized spacial score (nSPS) is 17.8. The zero-order valence-corrected chi connectivity index (χ0v) is 9.02. The van der Waals surface area contributed by atoms with Gasteiger partial charge in [0, 0.05) is 32.4 Å². The lowest BCUT2D eigenvalue weighted by Gasteiger charge is -2.31. The molecule has 1 saturated heterocycles. The first-order valence-corrected chi connectivity index (χ1v) is 5.43. The van der Waals surface area contributed by atoms with Crippen LogP contribution in [0.3, 0.4) is 0 Å². The first-order chi connectivity index (χ1) is 7.27. The van der Waals surface area contributed by atoms with Gasteiger partial charge in [-0.15, -0.1) is 0 Å². The van der Waals surface area contributed by atoms with E-state index in [1.165, 1.54) is 5.56 Å². The van der Waals surface area contributed by atoms with E-state index in [1.807, 2.05) is 17.3 Å². The largest absolute Gasteiger partial charge is 0.343 e. The average molecular weight is 204 g/mol. The molecule has 3 heteroatoms. The summed E-state index contributed by atoms with van der Waals surface area (Å²) in [5.41, 5.74) is 1.35. The van der Waals surface area contributed by atoms with Crippen molar-refractivity contribution in [3.05, 3.63) is 30.1 Å². The number of hydrogen-bond donors (Lipinski definition) is 0. The van der Waals surface area contributed by atoms with Gasteiger partial charge in [0.15, 0.2) is 0 Å². The Morgan fingerprint density at radius 3 is 2.47 bits per heavy atom. The van der Waals surface area contributed by atoms with E-state index in [9.17, 15) is 4.79 Å². The predicted molar refractivity (Wildman–Crippen MR) is 58.5 cm³/mol. The first-order valence-electron chi connectivity index (χ1n) is 5.43. The fraction of sp³-hybridized carbons (Fsp3) is 0.500. The number of rotatable bonds is 1. The fourth-order valence-corrected chi connectivity index (χ4v) is 2.16. The second-order valence-corrected chi connectivity index (χ2v) is 4.06. The van der Waals surface area contributed by atoms with Crippen molar-refractivity contribution in [2.75, 3.05) is 13.1 Å². The second kappa shape index (κ2) is 4.43.